The highest BCUT2D eigenvalue weighted by molar-refractivity contribution is 5.83. The van der Waals surface area contributed by atoms with Gasteiger partial charge >= 0.3 is 6.36 Å². The van der Waals surface area contributed by atoms with Crippen LogP contribution in [0.1, 0.15) is 16.7 Å². The minimum absolute atomic E-state index is 0.115. The minimum Gasteiger partial charge on any atom is -0.406 e. The van der Waals surface area contributed by atoms with Crippen LogP contribution in [0.25, 0.3) is 22.3 Å². The van der Waals surface area contributed by atoms with Gasteiger partial charge in [0.25, 0.3) is 0 Å². The molecule has 34 heavy (non-hydrogen) atoms. The number of rotatable bonds is 7. The van der Waals surface area contributed by atoms with Crippen molar-refractivity contribution in [2.75, 3.05) is 0 Å². The van der Waals surface area contributed by atoms with Crippen LogP contribution in [-0.2, 0) is 17.6 Å². The molecule has 5 heteroatoms. The zero-order valence-corrected chi connectivity index (χ0v) is 18.6. The van der Waals surface area contributed by atoms with E-state index in [4.69, 9.17) is 0 Å². The van der Waals surface area contributed by atoms with E-state index in [0.717, 1.165) is 33.4 Å². The number of carbonyl (C=O) groups excluding carboxylic acids is 1. The van der Waals surface area contributed by atoms with Crippen molar-refractivity contribution >= 4 is 5.78 Å². The lowest BCUT2D eigenvalue weighted by atomic mass is 9.98. The van der Waals surface area contributed by atoms with Gasteiger partial charge in [-0.05, 0) is 52.4 Å². The monoisotopic (exact) mass is 460 g/mol. The summed E-state index contributed by atoms with van der Waals surface area (Å²) in [5.74, 6) is -0.144. The van der Waals surface area contributed by atoms with Crippen molar-refractivity contribution < 1.29 is 22.7 Å². The molecule has 0 atom stereocenters. The number of ketones is 1. The molecule has 0 amide bonds. The molecular weight excluding hydrogens is 437 g/mol. The van der Waals surface area contributed by atoms with Gasteiger partial charge in [-0.3, -0.25) is 4.79 Å². The fourth-order valence-corrected chi connectivity index (χ4v) is 3.74. The molecule has 0 spiro atoms. The van der Waals surface area contributed by atoms with Crippen LogP contribution in [0.4, 0.5) is 13.2 Å². The molecule has 0 bridgehead atoms. The van der Waals surface area contributed by atoms with Gasteiger partial charge < -0.3 is 4.74 Å². The van der Waals surface area contributed by atoms with Crippen molar-refractivity contribution in [1.82, 2.24) is 0 Å². The Morgan fingerprint density at radius 2 is 0.971 bits per heavy atom. The summed E-state index contributed by atoms with van der Waals surface area (Å²) in [7, 11) is 0. The first-order chi connectivity index (χ1) is 16.2. The molecule has 0 unspecified atom stereocenters. The first kappa shape index (κ1) is 23.3. The van der Waals surface area contributed by atoms with Crippen molar-refractivity contribution in [2.24, 2.45) is 0 Å². The number of hydrogen-bond acceptors (Lipinski definition) is 2. The molecule has 4 aromatic rings. The number of aryl methyl sites for hydroxylation is 1. The van der Waals surface area contributed by atoms with Gasteiger partial charge in [0, 0.05) is 12.8 Å². The van der Waals surface area contributed by atoms with Gasteiger partial charge in [0.15, 0.2) is 0 Å². The average Bonchev–Trinajstić information content (AvgIpc) is 2.80. The second kappa shape index (κ2) is 9.96. The van der Waals surface area contributed by atoms with Crippen LogP contribution in [0.15, 0.2) is 97.1 Å². The molecule has 0 radical (unpaired) electrons. The fraction of sp³-hybridized carbons (Fsp3) is 0.138. The van der Waals surface area contributed by atoms with Crippen LogP contribution < -0.4 is 4.74 Å². The van der Waals surface area contributed by atoms with Crippen molar-refractivity contribution in [1.29, 1.82) is 0 Å². The summed E-state index contributed by atoms with van der Waals surface area (Å²) in [6, 6.07) is 29.5. The van der Waals surface area contributed by atoms with Crippen molar-refractivity contribution in [2.45, 2.75) is 26.1 Å². The molecule has 0 saturated carbocycles. The predicted molar refractivity (Wildman–Crippen MR) is 128 cm³/mol. The van der Waals surface area contributed by atoms with Crippen LogP contribution in [0.3, 0.4) is 0 Å². The normalized spacial score (nSPS) is 11.3. The van der Waals surface area contributed by atoms with Gasteiger partial charge in [0.05, 0.1) is 0 Å². The third kappa shape index (κ3) is 6.35. The Kier molecular flexibility index (Phi) is 6.82. The molecule has 0 N–H and O–H groups in total. The second-order valence-corrected chi connectivity index (χ2v) is 8.22. The zero-order chi connectivity index (χ0) is 24.1. The maximum absolute atomic E-state index is 12.6. The lowest BCUT2D eigenvalue weighted by Gasteiger charge is -2.09. The van der Waals surface area contributed by atoms with Gasteiger partial charge in [-0.1, -0.05) is 90.5 Å². The highest BCUT2D eigenvalue weighted by atomic mass is 19.4. The molecular formula is C29H23F3O2. The lowest BCUT2D eigenvalue weighted by molar-refractivity contribution is -0.274. The first-order valence-electron chi connectivity index (χ1n) is 10.9. The van der Waals surface area contributed by atoms with E-state index in [9.17, 15) is 18.0 Å². The van der Waals surface area contributed by atoms with E-state index in [2.05, 4.69) is 35.9 Å². The summed E-state index contributed by atoms with van der Waals surface area (Å²) in [5.41, 5.74) is 6.95. The Morgan fingerprint density at radius 1 is 0.618 bits per heavy atom. The molecule has 0 fully saturated rings. The van der Waals surface area contributed by atoms with Crippen LogP contribution in [-0.4, -0.2) is 12.1 Å². The average molecular weight is 460 g/mol. The maximum atomic E-state index is 12.6. The number of carbonyl (C=O) groups is 1. The lowest BCUT2D eigenvalue weighted by Crippen LogP contribution is -2.16. The Morgan fingerprint density at radius 3 is 1.35 bits per heavy atom. The topological polar surface area (TPSA) is 26.3 Å². The van der Waals surface area contributed by atoms with Gasteiger partial charge in [0.2, 0.25) is 0 Å². The van der Waals surface area contributed by atoms with Gasteiger partial charge in [-0.2, -0.15) is 0 Å². The zero-order valence-electron chi connectivity index (χ0n) is 18.6. The molecule has 0 saturated heterocycles. The van der Waals surface area contributed by atoms with Gasteiger partial charge in [-0.25, -0.2) is 0 Å². The first-order valence-corrected chi connectivity index (χ1v) is 10.9. The van der Waals surface area contributed by atoms with Crippen molar-refractivity contribution in [3.63, 3.8) is 0 Å². The molecule has 0 aliphatic rings. The molecule has 0 heterocycles. The SMILES string of the molecule is Cc1ccc(-c2ccc(CC(=O)Cc3ccc(-c4ccc(OC(F)(F)F)cc4)cc3)cc2)cc1. The summed E-state index contributed by atoms with van der Waals surface area (Å²) in [4.78, 5) is 12.6. The van der Waals surface area contributed by atoms with Crippen LogP contribution in [0, 0.1) is 6.92 Å². The van der Waals surface area contributed by atoms with Gasteiger partial charge in [-0.15, -0.1) is 13.2 Å². The number of hydrogen-bond donors (Lipinski definition) is 0. The Labute approximate surface area is 196 Å². The number of ether oxygens (including phenoxy) is 1. The van der Waals surface area contributed by atoms with Crippen LogP contribution >= 0.6 is 0 Å². The van der Waals surface area contributed by atoms with Gasteiger partial charge in [0.1, 0.15) is 11.5 Å². The summed E-state index contributed by atoms with van der Waals surface area (Å²) in [6.45, 7) is 2.06. The minimum atomic E-state index is -4.71. The second-order valence-electron chi connectivity index (χ2n) is 8.22. The van der Waals surface area contributed by atoms with E-state index in [1.165, 1.54) is 17.7 Å². The summed E-state index contributed by atoms with van der Waals surface area (Å²) in [5, 5.41) is 0. The standard InChI is InChI=1S/C29H23F3O2/c1-20-2-8-23(9-3-20)24-10-4-21(5-11-24)18-27(33)19-22-6-12-25(13-7-22)26-14-16-28(17-15-26)34-29(30,31)32/h2-17H,18-19H2,1H3. The van der Waals surface area contributed by atoms with Crippen molar-refractivity contribution in [3.05, 3.63) is 114 Å². The molecule has 4 aromatic carbocycles. The fourth-order valence-electron chi connectivity index (χ4n) is 3.74. The molecule has 0 aliphatic heterocycles. The molecule has 0 aliphatic carbocycles. The smallest absolute Gasteiger partial charge is 0.406 e. The molecule has 172 valence electrons. The van der Waals surface area contributed by atoms with E-state index >= 15 is 0 Å². The largest absolute Gasteiger partial charge is 0.573 e. The number of halogens is 3. The Hall–Kier alpha value is -3.86. The number of alkyl halides is 3. The van der Waals surface area contributed by atoms with Crippen LogP contribution in [0.5, 0.6) is 5.75 Å². The third-order valence-electron chi connectivity index (χ3n) is 5.52. The Balaban J connectivity index is 1.34. The molecule has 2 nitrogen and oxygen atoms in total. The predicted octanol–water partition coefficient (Wildman–Crippen LogP) is 7.58. The highest BCUT2D eigenvalue weighted by Gasteiger charge is 2.30. The van der Waals surface area contributed by atoms with E-state index in [0.29, 0.717) is 12.8 Å². The number of Topliss-reactive ketones (excluding diaryl/α,β-unsaturated/α-hetero) is 1. The highest BCUT2D eigenvalue weighted by Crippen LogP contribution is 2.27. The summed E-state index contributed by atoms with van der Waals surface area (Å²) < 4.78 is 40.8. The quantitative estimate of drug-likeness (QED) is 0.284. The third-order valence-corrected chi connectivity index (χ3v) is 5.52. The Bertz CT molecular complexity index is 1240. The summed E-state index contributed by atoms with van der Waals surface area (Å²) in [6.07, 6.45) is -4.03. The van der Waals surface area contributed by atoms with Crippen LogP contribution in [0.2, 0.25) is 0 Å². The maximum Gasteiger partial charge on any atom is 0.573 e. The summed E-state index contributed by atoms with van der Waals surface area (Å²) >= 11 is 0. The van der Waals surface area contributed by atoms with E-state index < -0.39 is 6.36 Å². The molecule has 0 aromatic heterocycles. The van der Waals surface area contributed by atoms with Crippen molar-refractivity contribution in [3.8, 4) is 28.0 Å². The number of benzene rings is 4. The van der Waals surface area contributed by atoms with E-state index in [1.54, 1.807) is 12.1 Å². The van der Waals surface area contributed by atoms with E-state index in [1.807, 2.05) is 48.5 Å². The molecule has 4 rings (SSSR count). The van der Waals surface area contributed by atoms with E-state index in [-0.39, 0.29) is 11.5 Å².